The van der Waals surface area contributed by atoms with Gasteiger partial charge in [-0.15, -0.1) is 0 Å². The zero-order valence-corrected chi connectivity index (χ0v) is 7.86. The molecule has 11 heavy (non-hydrogen) atoms. The van der Waals surface area contributed by atoms with E-state index in [0.717, 1.165) is 13.1 Å². The summed E-state index contributed by atoms with van der Waals surface area (Å²) in [6.07, 6.45) is 5.06. The average molecular weight is 172 g/mol. The average Bonchev–Trinajstić information content (AvgIpc) is 2.66. The largest absolute Gasteiger partial charge is 0.325 e. The lowest BCUT2D eigenvalue weighted by molar-refractivity contribution is 0.149. The van der Waals surface area contributed by atoms with Gasteiger partial charge in [0.05, 0.1) is 0 Å². The molecule has 2 rings (SSSR count). The highest BCUT2D eigenvalue weighted by molar-refractivity contribution is 8.00. The van der Waals surface area contributed by atoms with Crippen LogP contribution in [0.1, 0.15) is 12.8 Å². The van der Waals surface area contributed by atoms with Crippen LogP contribution in [0.5, 0.6) is 0 Å². The molecule has 0 aromatic heterocycles. The van der Waals surface area contributed by atoms with Crippen LogP contribution in [-0.2, 0) is 0 Å². The molecule has 64 valence electrons. The Bertz CT molecular complexity index is 150. The van der Waals surface area contributed by atoms with E-state index in [1.807, 2.05) is 11.8 Å². The summed E-state index contributed by atoms with van der Waals surface area (Å²) in [7, 11) is 0. The zero-order valence-electron chi connectivity index (χ0n) is 7.05. The number of nitrogens with two attached hydrogens (primary N) is 1. The maximum absolute atomic E-state index is 5.70. The first-order chi connectivity index (χ1) is 5.24. The van der Waals surface area contributed by atoms with Crippen molar-refractivity contribution >= 4 is 11.8 Å². The summed E-state index contributed by atoms with van der Waals surface area (Å²) in [6.45, 7) is 3.53. The van der Waals surface area contributed by atoms with Crippen molar-refractivity contribution in [3.63, 3.8) is 0 Å². The topological polar surface area (TPSA) is 29.3 Å². The first-order valence-corrected chi connectivity index (χ1v) is 5.50. The fraction of sp³-hybridized carbons (Fsp3) is 1.00. The summed E-state index contributed by atoms with van der Waals surface area (Å²) in [5, 5.41) is 0. The van der Waals surface area contributed by atoms with Gasteiger partial charge in [0.1, 0.15) is 0 Å². The summed E-state index contributed by atoms with van der Waals surface area (Å²) < 4.78 is 0.639. The van der Waals surface area contributed by atoms with Gasteiger partial charge in [0.25, 0.3) is 0 Å². The van der Waals surface area contributed by atoms with Crippen LogP contribution in [0, 0.1) is 0 Å². The van der Waals surface area contributed by atoms with E-state index in [1.54, 1.807) is 0 Å². The zero-order chi connectivity index (χ0) is 7.90. The van der Waals surface area contributed by atoms with Gasteiger partial charge in [0.2, 0.25) is 0 Å². The summed E-state index contributed by atoms with van der Waals surface area (Å²) in [5.74, 6) is 0. The van der Waals surface area contributed by atoms with Gasteiger partial charge in [-0.25, -0.2) is 0 Å². The second-order valence-electron chi connectivity index (χ2n) is 3.84. The van der Waals surface area contributed by atoms with E-state index in [9.17, 15) is 0 Å². The van der Waals surface area contributed by atoms with E-state index in [1.165, 1.54) is 19.4 Å². The molecule has 0 atom stereocenters. The van der Waals surface area contributed by atoms with E-state index in [4.69, 9.17) is 5.73 Å². The Morgan fingerprint density at radius 2 is 2.18 bits per heavy atom. The molecule has 0 aromatic rings. The standard InChI is InChI=1S/C8H16N2S/c1-11-8(2-3-8)6-10-4-7(9)5-10/h7H,2-6,9H2,1H3. The van der Waals surface area contributed by atoms with E-state index in [2.05, 4.69) is 11.2 Å². The lowest BCUT2D eigenvalue weighted by Crippen LogP contribution is -2.57. The van der Waals surface area contributed by atoms with Crippen molar-refractivity contribution in [2.45, 2.75) is 23.6 Å². The van der Waals surface area contributed by atoms with Crippen LogP contribution in [0.4, 0.5) is 0 Å². The molecule has 2 nitrogen and oxygen atoms in total. The van der Waals surface area contributed by atoms with Crippen molar-refractivity contribution in [1.82, 2.24) is 4.90 Å². The Morgan fingerprint density at radius 3 is 2.55 bits per heavy atom. The van der Waals surface area contributed by atoms with Crippen molar-refractivity contribution in [3.05, 3.63) is 0 Å². The Hall–Kier alpha value is 0.270. The number of nitrogens with zero attached hydrogens (tertiary/aromatic N) is 1. The highest BCUT2D eigenvalue weighted by Gasteiger charge is 2.44. The molecular weight excluding hydrogens is 156 g/mol. The van der Waals surface area contributed by atoms with Crippen LogP contribution < -0.4 is 5.73 Å². The molecule has 0 aromatic carbocycles. The summed E-state index contributed by atoms with van der Waals surface area (Å²) in [5.41, 5.74) is 5.70. The van der Waals surface area contributed by atoms with Crippen LogP contribution in [0.3, 0.4) is 0 Å². The number of hydrogen-bond acceptors (Lipinski definition) is 3. The molecule has 2 fully saturated rings. The van der Waals surface area contributed by atoms with E-state index < -0.39 is 0 Å². The summed E-state index contributed by atoms with van der Waals surface area (Å²) in [6, 6.07) is 0.465. The monoisotopic (exact) mass is 172 g/mol. The molecule has 1 aliphatic carbocycles. The number of thioether (sulfide) groups is 1. The highest BCUT2D eigenvalue weighted by Crippen LogP contribution is 2.48. The summed E-state index contributed by atoms with van der Waals surface area (Å²) >= 11 is 2.03. The van der Waals surface area contributed by atoms with E-state index >= 15 is 0 Å². The van der Waals surface area contributed by atoms with Crippen LogP contribution in [0.2, 0.25) is 0 Å². The highest BCUT2D eigenvalue weighted by atomic mass is 32.2. The maximum atomic E-state index is 5.70. The fourth-order valence-corrected chi connectivity index (χ4v) is 2.53. The van der Waals surface area contributed by atoms with Gasteiger partial charge in [-0.1, -0.05) is 0 Å². The number of likely N-dealkylation sites (tertiary alicyclic amines) is 1. The van der Waals surface area contributed by atoms with Crippen molar-refractivity contribution in [1.29, 1.82) is 0 Å². The van der Waals surface area contributed by atoms with Gasteiger partial charge in [-0.05, 0) is 19.1 Å². The van der Waals surface area contributed by atoms with Crippen LogP contribution in [0.15, 0.2) is 0 Å². The lowest BCUT2D eigenvalue weighted by Gasteiger charge is -2.38. The van der Waals surface area contributed by atoms with Crippen molar-refractivity contribution in [3.8, 4) is 0 Å². The molecule has 0 bridgehead atoms. The molecule has 0 spiro atoms. The maximum Gasteiger partial charge on any atom is 0.0297 e. The molecular formula is C8H16N2S. The SMILES string of the molecule is CSC1(CN2CC(N)C2)CC1. The molecule has 1 aliphatic heterocycles. The first-order valence-electron chi connectivity index (χ1n) is 4.27. The Labute approximate surface area is 72.5 Å². The molecule has 2 N–H and O–H groups in total. The smallest absolute Gasteiger partial charge is 0.0297 e. The van der Waals surface area contributed by atoms with Gasteiger partial charge < -0.3 is 5.73 Å². The van der Waals surface area contributed by atoms with E-state index in [0.29, 0.717) is 10.8 Å². The minimum Gasteiger partial charge on any atom is -0.325 e. The third-order valence-corrected chi connectivity index (χ3v) is 4.14. The molecule has 0 radical (unpaired) electrons. The molecule has 1 saturated heterocycles. The number of hydrogen-bond donors (Lipinski definition) is 1. The third kappa shape index (κ3) is 1.55. The van der Waals surface area contributed by atoms with Crippen molar-refractivity contribution < 1.29 is 0 Å². The second kappa shape index (κ2) is 2.64. The quantitative estimate of drug-likeness (QED) is 0.673. The van der Waals surface area contributed by atoms with Gasteiger partial charge in [0.15, 0.2) is 0 Å². The first kappa shape index (κ1) is 7.90. The van der Waals surface area contributed by atoms with Gasteiger partial charge >= 0.3 is 0 Å². The summed E-state index contributed by atoms with van der Waals surface area (Å²) in [4.78, 5) is 2.48. The second-order valence-corrected chi connectivity index (χ2v) is 5.12. The molecule has 1 heterocycles. The molecule has 3 heteroatoms. The molecule has 0 amide bonds. The Kier molecular flexibility index (Phi) is 1.90. The molecule has 2 aliphatic rings. The fourth-order valence-electron chi connectivity index (χ4n) is 1.71. The van der Waals surface area contributed by atoms with E-state index in [-0.39, 0.29) is 0 Å². The molecule has 0 unspecified atom stereocenters. The van der Waals surface area contributed by atoms with Crippen molar-refractivity contribution in [2.24, 2.45) is 5.73 Å². The van der Waals surface area contributed by atoms with Gasteiger partial charge in [-0.3, -0.25) is 4.90 Å². The normalized spacial score (nSPS) is 30.0. The van der Waals surface area contributed by atoms with Crippen LogP contribution in [-0.4, -0.2) is 41.6 Å². The van der Waals surface area contributed by atoms with Gasteiger partial charge in [-0.2, -0.15) is 11.8 Å². The van der Waals surface area contributed by atoms with Gasteiger partial charge in [0, 0.05) is 30.4 Å². The predicted molar refractivity (Wildman–Crippen MR) is 49.9 cm³/mol. The van der Waals surface area contributed by atoms with Crippen LogP contribution >= 0.6 is 11.8 Å². The minimum absolute atomic E-state index is 0.465. The predicted octanol–water partition coefficient (Wildman–Crippen LogP) is 0.525. The lowest BCUT2D eigenvalue weighted by atomic mass is 10.1. The number of rotatable bonds is 3. The minimum atomic E-state index is 0.465. The Morgan fingerprint density at radius 1 is 1.55 bits per heavy atom. The van der Waals surface area contributed by atoms with Crippen molar-refractivity contribution in [2.75, 3.05) is 25.9 Å². The van der Waals surface area contributed by atoms with Crippen LogP contribution in [0.25, 0.3) is 0 Å². The Balaban J connectivity index is 1.74. The molecule has 1 saturated carbocycles. The third-order valence-electron chi connectivity index (χ3n) is 2.74.